The molecule has 1 atom stereocenters. The number of hydrogen-bond acceptors (Lipinski definition) is 3. The van der Waals surface area contributed by atoms with Crippen molar-refractivity contribution in [2.45, 2.75) is 52.0 Å². The van der Waals surface area contributed by atoms with Gasteiger partial charge in [0.15, 0.2) is 0 Å². The maximum Gasteiger partial charge on any atom is 0.227 e. The summed E-state index contributed by atoms with van der Waals surface area (Å²) in [5.41, 5.74) is 5.37. The number of ether oxygens (including phenoxy) is 1. The molecular weight excluding hydrogens is 470 g/mol. The van der Waals surface area contributed by atoms with Crippen LogP contribution in [0.15, 0.2) is 66.7 Å². The summed E-state index contributed by atoms with van der Waals surface area (Å²) in [4.78, 5) is 19.9. The lowest BCUT2D eigenvalue weighted by molar-refractivity contribution is -0.117. The van der Waals surface area contributed by atoms with E-state index in [1.807, 2.05) is 36.1 Å². The van der Waals surface area contributed by atoms with E-state index in [1.165, 1.54) is 5.56 Å². The number of aryl methyl sites for hydroxylation is 3. The summed E-state index contributed by atoms with van der Waals surface area (Å²) in [7, 11) is 0. The highest BCUT2D eigenvalue weighted by Gasteiger charge is 2.34. The summed E-state index contributed by atoms with van der Waals surface area (Å²) in [6.45, 7) is 6.27. The Hall–Kier alpha value is -3.31. The summed E-state index contributed by atoms with van der Waals surface area (Å²) in [5.74, 6) is 2.09. The molecule has 1 saturated heterocycles. The Morgan fingerprint density at radius 3 is 2.64 bits per heavy atom. The Morgan fingerprint density at radius 2 is 1.86 bits per heavy atom. The van der Waals surface area contributed by atoms with Gasteiger partial charge in [0.2, 0.25) is 5.91 Å². The van der Waals surface area contributed by atoms with Crippen LogP contribution in [0.3, 0.4) is 0 Å². The van der Waals surface area contributed by atoms with E-state index in [9.17, 15) is 4.79 Å². The van der Waals surface area contributed by atoms with Gasteiger partial charge in [0.05, 0.1) is 17.6 Å². The number of fused-ring (bicyclic) bond motifs is 1. The topological polar surface area (TPSA) is 47.4 Å². The van der Waals surface area contributed by atoms with Gasteiger partial charge >= 0.3 is 0 Å². The van der Waals surface area contributed by atoms with E-state index in [1.54, 1.807) is 0 Å². The minimum atomic E-state index is 0.0732. The van der Waals surface area contributed by atoms with E-state index >= 15 is 0 Å². The number of imidazole rings is 1. The molecule has 0 aliphatic carbocycles. The number of unbranched alkanes of at least 4 members (excludes halogenated alkanes) is 1. The van der Waals surface area contributed by atoms with Gasteiger partial charge in [-0.3, -0.25) is 4.79 Å². The van der Waals surface area contributed by atoms with E-state index in [0.717, 1.165) is 64.7 Å². The molecule has 186 valence electrons. The first-order valence-corrected chi connectivity index (χ1v) is 13.1. The second-order valence-corrected chi connectivity index (χ2v) is 9.91. The molecule has 3 aromatic carbocycles. The van der Waals surface area contributed by atoms with Crippen molar-refractivity contribution in [2.75, 3.05) is 18.1 Å². The van der Waals surface area contributed by atoms with Crippen LogP contribution >= 0.6 is 11.6 Å². The molecule has 2 heterocycles. The van der Waals surface area contributed by atoms with E-state index in [2.05, 4.69) is 54.0 Å². The van der Waals surface area contributed by atoms with Crippen molar-refractivity contribution >= 4 is 34.2 Å². The molecule has 1 fully saturated rings. The Bertz CT molecular complexity index is 1360. The van der Waals surface area contributed by atoms with E-state index in [-0.39, 0.29) is 11.8 Å². The SMILES string of the molecule is CCc1ccc(N2CC(c3nc4ccccc4n3CCCCOc3ccc(Cl)c(C)c3)CC2=O)cc1. The molecule has 1 aliphatic rings. The minimum absolute atomic E-state index is 0.0732. The zero-order chi connectivity index (χ0) is 25.1. The van der Waals surface area contributed by atoms with Crippen LogP contribution in [0.4, 0.5) is 5.69 Å². The second kappa shape index (κ2) is 10.8. The molecule has 1 amide bonds. The van der Waals surface area contributed by atoms with Crippen molar-refractivity contribution in [3.05, 3.63) is 88.7 Å². The Morgan fingerprint density at radius 1 is 1.06 bits per heavy atom. The molecule has 4 aromatic rings. The van der Waals surface area contributed by atoms with Gasteiger partial charge < -0.3 is 14.2 Å². The number of para-hydroxylation sites is 2. The third-order valence-electron chi connectivity index (χ3n) is 7.00. The van der Waals surface area contributed by atoms with Gasteiger partial charge in [-0.05, 0) is 79.8 Å². The number of benzene rings is 3. The molecular formula is C30H32ClN3O2. The first-order valence-electron chi connectivity index (χ1n) is 12.8. The predicted molar refractivity (Wildman–Crippen MR) is 146 cm³/mol. The van der Waals surface area contributed by atoms with Gasteiger partial charge in [-0.25, -0.2) is 4.98 Å². The number of amides is 1. The number of carbonyl (C=O) groups is 1. The fourth-order valence-corrected chi connectivity index (χ4v) is 5.07. The van der Waals surface area contributed by atoms with Crippen molar-refractivity contribution in [3.63, 3.8) is 0 Å². The van der Waals surface area contributed by atoms with Gasteiger partial charge in [-0.15, -0.1) is 0 Å². The van der Waals surface area contributed by atoms with Crippen molar-refractivity contribution < 1.29 is 9.53 Å². The fourth-order valence-electron chi connectivity index (χ4n) is 4.95. The predicted octanol–water partition coefficient (Wildman–Crippen LogP) is 6.94. The van der Waals surface area contributed by atoms with Crippen LogP contribution in [-0.2, 0) is 17.8 Å². The van der Waals surface area contributed by atoms with Crippen LogP contribution in [0.5, 0.6) is 5.75 Å². The van der Waals surface area contributed by atoms with Crippen LogP contribution in [-0.4, -0.2) is 28.6 Å². The number of anilines is 1. The van der Waals surface area contributed by atoms with Gasteiger partial charge in [0, 0.05) is 36.1 Å². The summed E-state index contributed by atoms with van der Waals surface area (Å²) >= 11 is 6.11. The average molecular weight is 502 g/mol. The van der Waals surface area contributed by atoms with Crippen LogP contribution in [0.1, 0.15) is 49.1 Å². The Kier molecular flexibility index (Phi) is 7.28. The van der Waals surface area contributed by atoms with Gasteiger partial charge in [0.1, 0.15) is 11.6 Å². The maximum atomic E-state index is 13.0. The second-order valence-electron chi connectivity index (χ2n) is 9.50. The highest BCUT2D eigenvalue weighted by molar-refractivity contribution is 6.31. The Balaban J connectivity index is 1.27. The Labute approximate surface area is 217 Å². The standard InChI is InChI=1S/C30H32ClN3O2/c1-3-22-10-12-24(13-11-22)34-20-23(19-29(34)35)30-32-27-8-4-5-9-28(27)33(30)16-6-7-17-36-25-14-15-26(31)21(2)18-25/h4-5,8-15,18,23H,3,6-7,16-17,19-20H2,1-2H3. The summed E-state index contributed by atoms with van der Waals surface area (Å²) in [5, 5.41) is 0.754. The fraction of sp³-hybridized carbons (Fsp3) is 0.333. The highest BCUT2D eigenvalue weighted by atomic mass is 35.5. The van der Waals surface area contributed by atoms with E-state index < -0.39 is 0 Å². The van der Waals surface area contributed by atoms with Gasteiger partial charge in [0.25, 0.3) is 0 Å². The molecule has 0 saturated carbocycles. The quantitative estimate of drug-likeness (QED) is 0.233. The molecule has 0 radical (unpaired) electrons. The molecule has 36 heavy (non-hydrogen) atoms. The molecule has 0 bridgehead atoms. The summed E-state index contributed by atoms with van der Waals surface area (Å²) in [6, 6.07) is 22.4. The number of halogens is 1. The molecule has 5 rings (SSSR count). The molecule has 1 aliphatic heterocycles. The first kappa shape index (κ1) is 24.4. The largest absolute Gasteiger partial charge is 0.494 e. The lowest BCUT2D eigenvalue weighted by Crippen LogP contribution is -2.24. The smallest absolute Gasteiger partial charge is 0.227 e. The van der Waals surface area contributed by atoms with Crippen molar-refractivity contribution in [3.8, 4) is 5.75 Å². The average Bonchev–Trinajstić information content (AvgIpc) is 3.46. The van der Waals surface area contributed by atoms with Crippen molar-refractivity contribution in [1.82, 2.24) is 9.55 Å². The van der Waals surface area contributed by atoms with Crippen molar-refractivity contribution in [2.24, 2.45) is 0 Å². The molecule has 6 heteroatoms. The van der Waals surface area contributed by atoms with Gasteiger partial charge in [-0.2, -0.15) is 0 Å². The number of aromatic nitrogens is 2. The molecule has 0 spiro atoms. The summed E-state index contributed by atoms with van der Waals surface area (Å²) in [6.07, 6.45) is 3.36. The lowest BCUT2D eigenvalue weighted by Gasteiger charge is -2.18. The zero-order valence-electron chi connectivity index (χ0n) is 20.9. The van der Waals surface area contributed by atoms with Crippen LogP contribution in [0.2, 0.25) is 5.02 Å². The van der Waals surface area contributed by atoms with E-state index in [4.69, 9.17) is 21.3 Å². The number of hydrogen-bond donors (Lipinski definition) is 0. The normalized spacial score (nSPS) is 15.7. The zero-order valence-corrected chi connectivity index (χ0v) is 21.7. The summed E-state index contributed by atoms with van der Waals surface area (Å²) < 4.78 is 8.25. The van der Waals surface area contributed by atoms with Crippen LogP contribution in [0.25, 0.3) is 11.0 Å². The molecule has 5 nitrogen and oxygen atoms in total. The third-order valence-corrected chi connectivity index (χ3v) is 7.43. The highest BCUT2D eigenvalue weighted by Crippen LogP contribution is 2.33. The lowest BCUT2D eigenvalue weighted by atomic mass is 10.1. The maximum absolute atomic E-state index is 13.0. The van der Waals surface area contributed by atoms with Crippen LogP contribution in [0, 0.1) is 6.92 Å². The third kappa shape index (κ3) is 5.12. The molecule has 1 aromatic heterocycles. The van der Waals surface area contributed by atoms with E-state index in [0.29, 0.717) is 19.6 Å². The van der Waals surface area contributed by atoms with Gasteiger partial charge in [-0.1, -0.05) is 42.8 Å². The van der Waals surface area contributed by atoms with Crippen LogP contribution < -0.4 is 9.64 Å². The monoisotopic (exact) mass is 501 g/mol. The van der Waals surface area contributed by atoms with Crippen molar-refractivity contribution in [1.29, 1.82) is 0 Å². The molecule has 1 unspecified atom stereocenters. The number of rotatable bonds is 9. The number of nitrogens with zero attached hydrogens (tertiary/aromatic N) is 3. The number of carbonyl (C=O) groups excluding carboxylic acids is 1. The molecule has 0 N–H and O–H groups in total. The minimum Gasteiger partial charge on any atom is -0.494 e. The first-order chi connectivity index (χ1) is 17.5.